The third-order valence-corrected chi connectivity index (χ3v) is 5.10. The lowest BCUT2D eigenvalue weighted by molar-refractivity contribution is 0.0986. The van der Waals surface area contributed by atoms with Gasteiger partial charge in [-0.05, 0) is 24.3 Å². The van der Waals surface area contributed by atoms with Gasteiger partial charge in [-0.15, -0.1) is 11.3 Å². The van der Waals surface area contributed by atoms with Crippen LogP contribution in [-0.4, -0.2) is 15.9 Å². The second-order valence-electron chi connectivity index (χ2n) is 6.06. The molecule has 140 valence electrons. The summed E-state index contributed by atoms with van der Waals surface area (Å²) in [6, 6.07) is 12.3. The van der Waals surface area contributed by atoms with Crippen LogP contribution >= 0.6 is 22.9 Å². The van der Waals surface area contributed by atoms with Gasteiger partial charge in [-0.2, -0.15) is 0 Å². The maximum atomic E-state index is 14.2. The molecule has 0 aliphatic carbocycles. The molecule has 28 heavy (non-hydrogen) atoms. The van der Waals surface area contributed by atoms with E-state index in [0.717, 1.165) is 0 Å². The SMILES string of the molecule is O=C(c1cc(=O)[nH]c2c(F)cccc12)N(Cc1cscn1)c1cccc(Cl)c1. The number of aromatic nitrogens is 2. The summed E-state index contributed by atoms with van der Waals surface area (Å²) in [4.78, 5) is 33.7. The lowest BCUT2D eigenvalue weighted by atomic mass is 10.1. The zero-order valence-corrected chi connectivity index (χ0v) is 15.9. The molecular weight excluding hydrogens is 401 g/mol. The average Bonchev–Trinajstić information content (AvgIpc) is 3.19. The van der Waals surface area contributed by atoms with Gasteiger partial charge < -0.3 is 9.88 Å². The van der Waals surface area contributed by atoms with Crippen molar-refractivity contribution in [2.24, 2.45) is 0 Å². The second kappa shape index (κ2) is 7.53. The highest BCUT2D eigenvalue weighted by atomic mass is 35.5. The normalized spacial score (nSPS) is 10.9. The van der Waals surface area contributed by atoms with Crippen molar-refractivity contribution in [2.75, 3.05) is 4.90 Å². The number of carbonyl (C=O) groups is 1. The molecule has 0 radical (unpaired) electrons. The van der Waals surface area contributed by atoms with Gasteiger partial charge in [0, 0.05) is 27.5 Å². The van der Waals surface area contributed by atoms with Gasteiger partial charge in [0.15, 0.2) is 0 Å². The minimum Gasteiger partial charge on any atom is -0.319 e. The van der Waals surface area contributed by atoms with E-state index in [4.69, 9.17) is 11.6 Å². The van der Waals surface area contributed by atoms with E-state index in [2.05, 4.69) is 9.97 Å². The zero-order chi connectivity index (χ0) is 19.7. The minimum absolute atomic E-state index is 0.00180. The van der Waals surface area contributed by atoms with Crippen molar-refractivity contribution >= 4 is 45.4 Å². The first-order chi connectivity index (χ1) is 13.5. The first kappa shape index (κ1) is 18.3. The fourth-order valence-electron chi connectivity index (χ4n) is 2.97. The van der Waals surface area contributed by atoms with Gasteiger partial charge >= 0.3 is 0 Å². The van der Waals surface area contributed by atoms with Crippen molar-refractivity contribution in [3.05, 3.63) is 91.9 Å². The van der Waals surface area contributed by atoms with E-state index in [0.29, 0.717) is 21.8 Å². The van der Waals surface area contributed by atoms with E-state index in [-0.39, 0.29) is 17.6 Å². The summed E-state index contributed by atoms with van der Waals surface area (Å²) in [5.41, 5.74) is 2.47. The van der Waals surface area contributed by atoms with Gasteiger partial charge in [0.2, 0.25) is 5.56 Å². The van der Waals surface area contributed by atoms with Crippen molar-refractivity contribution in [1.29, 1.82) is 0 Å². The molecule has 0 aliphatic rings. The third-order valence-electron chi connectivity index (χ3n) is 4.23. The quantitative estimate of drug-likeness (QED) is 0.530. The van der Waals surface area contributed by atoms with E-state index in [1.54, 1.807) is 35.8 Å². The number of H-pyrrole nitrogens is 1. The van der Waals surface area contributed by atoms with Crippen molar-refractivity contribution in [2.45, 2.75) is 6.54 Å². The van der Waals surface area contributed by atoms with E-state index in [9.17, 15) is 14.0 Å². The summed E-state index contributed by atoms with van der Waals surface area (Å²) < 4.78 is 14.2. The lowest BCUT2D eigenvalue weighted by Gasteiger charge is -2.23. The molecule has 1 amide bonds. The molecule has 4 rings (SSSR count). The molecule has 0 unspecified atom stereocenters. The number of pyridine rings is 1. The molecule has 8 heteroatoms. The highest BCUT2D eigenvalue weighted by Crippen LogP contribution is 2.26. The Labute approximate surface area is 168 Å². The van der Waals surface area contributed by atoms with Gasteiger partial charge in [0.1, 0.15) is 5.82 Å². The molecule has 0 atom stereocenters. The van der Waals surface area contributed by atoms with Crippen LogP contribution in [0.15, 0.2) is 64.2 Å². The molecule has 0 saturated heterocycles. The van der Waals surface area contributed by atoms with E-state index >= 15 is 0 Å². The molecule has 0 bridgehead atoms. The Bertz CT molecular complexity index is 1220. The molecule has 2 heterocycles. The van der Waals surface area contributed by atoms with Gasteiger partial charge in [-0.3, -0.25) is 9.59 Å². The summed E-state index contributed by atoms with van der Waals surface area (Å²) in [6.45, 7) is 0.187. The number of nitrogens with zero attached hydrogens (tertiary/aromatic N) is 2. The van der Waals surface area contributed by atoms with Crippen molar-refractivity contribution < 1.29 is 9.18 Å². The Balaban J connectivity index is 1.87. The number of hydrogen-bond acceptors (Lipinski definition) is 4. The van der Waals surface area contributed by atoms with Crippen LogP contribution in [0, 0.1) is 5.82 Å². The Morgan fingerprint density at radius 3 is 2.79 bits per heavy atom. The molecular formula is C20H13ClFN3O2S. The molecule has 2 aromatic heterocycles. The van der Waals surface area contributed by atoms with Crippen LogP contribution in [0.3, 0.4) is 0 Å². The number of thiazole rings is 1. The molecule has 2 aromatic carbocycles. The fourth-order valence-corrected chi connectivity index (χ4v) is 3.70. The summed E-state index contributed by atoms with van der Waals surface area (Å²) in [7, 11) is 0. The Morgan fingerprint density at radius 1 is 1.21 bits per heavy atom. The predicted molar refractivity (Wildman–Crippen MR) is 109 cm³/mol. The second-order valence-corrected chi connectivity index (χ2v) is 7.22. The van der Waals surface area contributed by atoms with Crippen LogP contribution in [-0.2, 0) is 6.54 Å². The monoisotopic (exact) mass is 413 g/mol. The maximum absolute atomic E-state index is 14.2. The van der Waals surface area contributed by atoms with Gasteiger partial charge in [-0.25, -0.2) is 9.37 Å². The van der Waals surface area contributed by atoms with Gasteiger partial charge in [0.25, 0.3) is 5.91 Å². The number of carbonyl (C=O) groups excluding carboxylic acids is 1. The molecule has 0 saturated carbocycles. The molecule has 1 N–H and O–H groups in total. The van der Waals surface area contributed by atoms with Gasteiger partial charge in [-0.1, -0.05) is 29.8 Å². The first-order valence-electron chi connectivity index (χ1n) is 8.29. The number of rotatable bonds is 4. The maximum Gasteiger partial charge on any atom is 0.259 e. The molecule has 4 aromatic rings. The van der Waals surface area contributed by atoms with Crippen LogP contribution in [0.5, 0.6) is 0 Å². The van der Waals surface area contributed by atoms with E-state index in [1.165, 1.54) is 34.4 Å². The van der Waals surface area contributed by atoms with E-state index in [1.807, 2.05) is 5.38 Å². The number of aromatic amines is 1. The van der Waals surface area contributed by atoms with Crippen LogP contribution in [0.1, 0.15) is 16.1 Å². The van der Waals surface area contributed by atoms with Crippen LogP contribution in [0.25, 0.3) is 10.9 Å². The fraction of sp³-hybridized carbons (Fsp3) is 0.0500. The smallest absolute Gasteiger partial charge is 0.259 e. The van der Waals surface area contributed by atoms with Crippen LogP contribution in [0.4, 0.5) is 10.1 Å². The molecule has 5 nitrogen and oxygen atoms in total. The van der Waals surface area contributed by atoms with Crippen molar-refractivity contribution in [1.82, 2.24) is 9.97 Å². The standard InChI is InChI=1S/C20H13ClFN3O2S/c21-12-3-1-4-14(7-12)25(9-13-10-28-11-23-13)20(27)16-8-18(26)24-19-15(16)5-2-6-17(19)22/h1-8,10-11H,9H2,(H,24,26). The number of hydrogen-bond donors (Lipinski definition) is 1. The summed E-state index contributed by atoms with van der Waals surface area (Å²) in [5, 5.41) is 2.63. The minimum atomic E-state index is -0.599. The summed E-state index contributed by atoms with van der Waals surface area (Å²) in [6.07, 6.45) is 0. The number of fused-ring (bicyclic) bond motifs is 1. The lowest BCUT2D eigenvalue weighted by Crippen LogP contribution is -2.31. The number of nitrogens with one attached hydrogen (secondary N) is 1. The largest absolute Gasteiger partial charge is 0.319 e. The van der Waals surface area contributed by atoms with Gasteiger partial charge in [0.05, 0.1) is 28.8 Å². The molecule has 0 fully saturated rings. The Morgan fingerprint density at radius 2 is 2.04 bits per heavy atom. The number of benzene rings is 2. The highest BCUT2D eigenvalue weighted by molar-refractivity contribution is 7.07. The highest BCUT2D eigenvalue weighted by Gasteiger charge is 2.22. The topological polar surface area (TPSA) is 66.1 Å². The van der Waals surface area contributed by atoms with Crippen LogP contribution in [0.2, 0.25) is 5.02 Å². The number of amides is 1. The van der Waals surface area contributed by atoms with E-state index < -0.39 is 17.3 Å². The Kier molecular flexibility index (Phi) is 4.93. The van der Waals surface area contributed by atoms with Crippen LogP contribution < -0.4 is 10.5 Å². The number of halogens is 2. The molecule has 0 aliphatic heterocycles. The summed E-state index contributed by atoms with van der Waals surface area (Å²) in [5.74, 6) is -1.05. The summed E-state index contributed by atoms with van der Waals surface area (Å²) >= 11 is 7.52. The first-order valence-corrected chi connectivity index (χ1v) is 9.61. The van der Waals surface area contributed by atoms with Crippen molar-refractivity contribution in [3.8, 4) is 0 Å². The Hall–Kier alpha value is -3.03. The average molecular weight is 414 g/mol. The van der Waals surface area contributed by atoms with Crippen molar-refractivity contribution in [3.63, 3.8) is 0 Å². The zero-order valence-electron chi connectivity index (χ0n) is 14.4. The third kappa shape index (κ3) is 3.54. The number of para-hydroxylation sites is 1. The molecule has 0 spiro atoms. The predicted octanol–water partition coefficient (Wildman–Crippen LogP) is 4.62. The number of anilines is 1.